The van der Waals surface area contributed by atoms with Gasteiger partial charge in [-0.25, -0.2) is 0 Å². The summed E-state index contributed by atoms with van der Waals surface area (Å²) in [6.45, 7) is 10.2. The predicted octanol–water partition coefficient (Wildman–Crippen LogP) is 2.75. The molecule has 6 heteroatoms. The Morgan fingerprint density at radius 2 is 1.86 bits per heavy atom. The van der Waals surface area contributed by atoms with Gasteiger partial charge in [-0.15, -0.1) is 0 Å². The van der Waals surface area contributed by atoms with Crippen LogP contribution < -0.4 is 10.6 Å². The Balaban J connectivity index is 1.71. The lowest BCUT2D eigenvalue weighted by Crippen LogP contribution is -2.45. The Labute approximate surface area is 175 Å². The van der Waals surface area contributed by atoms with Crippen LogP contribution in [-0.4, -0.2) is 56.1 Å². The van der Waals surface area contributed by atoms with Crippen molar-refractivity contribution in [3.05, 3.63) is 35.9 Å². The fourth-order valence-electron chi connectivity index (χ4n) is 3.75. The number of ether oxygens (including phenoxy) is 1. The van der Waals surface area contributed by atoms with Crippen LogP contribution in [0.2, 0.25) is 0 Å². The number of benzene rings is 1. The highest BCUT2D eigenvalue weighted by atomic mass is 16.5. The molecule has 1 aromatic carbocycles. The molecule has 1 fully saturated rings. The smallest absolute Gasteiger partial charge is 0.234 e. The summed E-state index contributed by atoms with van der Waals surface area (Å²) in [5, 5.41) is 6.19. The molecule has 0 saturated carbocycles. The zero-order chi connectivity index (χ0) is 21.1. The highest BCUT2D eigenvalue weighted by molar-refractivity contribution is 5.79. The third-order valence-electron chi connectivity index (χ3n) is 5.44. The third-order valence-corrected chi connectivity index (χ3v) is 5.44. The fraction of sp³-hybridized carbons (Fsp3) is 0.652. The molecule has 6 nitrogen and oxygen atoms in total. The maximum Gasteiger partial charge on any atom is 0.234 e. The van der Waals surface area contributed by atoms with Gasteiger partial charge < -0.3 is 15.4 Å². The molecule has 1 unspecified atom stereocenters. The van der Waals surface area contributed by atoms with Gasteiger partial charge in [-0.3, -0.25) is 14.5 Å². The third kappa shape index (κ3) is 8.15. The topological polar surface area (TPSA) is 70.7 Å². The molecule has 2 rings (SSSR count). The van der Waals surface area contributed by atoms with Crippen molar-refractivity contribution in [3.8, 4) is 0 Å². The molecule has 0 aromatic heterocycles. The number of hydrogen-bond donors (Lipinski definition) is 2. The molecule has 1 saturated heterocycles. The van der Waals surface area contributed by atoms with Gasteiger partial charge in [0.05, 0.1) is 12.6 Å². The van der Waals surface area contributed by atoms with Crippen molar-refractivity contribution in [2.75, 3.05) is 39.4 Å². The van der Waals surface area contributed by atoms with Gasteiger partial charge in [-0.1, -0.05) is 44.2 Å². The summed E-state index contributed by atoms with van der Waals surface area (Å²) in [7, 11) is 0. The molecule has 1 atom stereocenters. The first-order valence-corrected chi connectivity index (χ1v) is 10.9. The minimum Gasteiger partial charge on any atom is -0.382 e. The number of carbonyl (C=O) groups excluding carboxylic acids is 2. The van der Waals surface area contributed by atoms with Gasteiger partial charge in [-0.05, 0) is 50.8 Å². The number of hydrogen-bond acceptors (Lipinski definition) is 4. The molecular weight excluding hydrogens is 366 g/mol. The summed E-state index contributed by atoms with van der Waals surface area (Å²) in [6, 6.07) is 10.1. The van der Waals surface area contributed by atoms with E-state index < -0.39 is 0 Å². The molecular formula is C23H37N3O3. The molecule has 0 radical (unpaired) electrons. The second-order valence-corrected chi connectivity index (χ2v) is 8.09. The second-order valence-electron chi connectivity index (χ2n) is 8.09. The molecule has 0 aliphatic carbocycles. The fourth-order valence-corrected chi connectivity index (χ4v) is 3.75. The standard InChI is InChI=1S/C23H37N3O3/c1-4-29-16-8-13-24-23(28)20-11-14-26(15-12-20)17-21(27)25-22(18(2)3)19-9-6-5-7-10-19/h5-7,9-10,18,20,22H,4,8,11-17H2,1-3H3,(H,24,28)(H,25,27). The molecule has 0 spiro atoms. The summed E-state index contributed by atoms with van der Waals surface area (Å²) < 4.78 is 5.29. The van der Waals surface area contributed by atoms with Gasteiger partial charge in [0, 0.05) is 25.7 Å². The molecule has 29 heavy (non-hydrogen) atoms. The molecule has 1 aromatic rings. The van der Waals surface area contributed by atoms with Crippen molar-refractivity contribution in [1.82, 2.24) is 15.5 Å². The summed E-state index contributed by atoms with van der Waals surface area (Å²) in [5.41, 5.74) is 1.13. The molecule has 162 valence electrons. The van der Waals surface area contributed by atoms with Crippen LogP contribution in [0.4, 0.5) is 0 Å². The monoisotopic (exact) mass is 403 g/mol. The van der Waals surface area contributed by atoms with E-state index in [0.29, 0.717) is 32.2 Å². The first-order valence-electron chi connectivity index (χ1n) is 10.9. The van der Waals surface area contributed by atoms with E-state index in [1.807, 2.05) is 25.1 Å². The van der Waals surface area contributed by atoms with Crippen molar-refractivity contribution >= 4 is 11.8 Å². The number of piperidine rings is 1. The number of nitrogens with zero attached hydrogens (tertiary/aromatic N) is 1. The lowest BCUT2D eigenvalue weighted by Gasteiger charge is -2.31. The summed E-state index contributed by atoms with van der Waals surface area (Å²) >= 11 is 0. The van der Waals surface area contributed by atoms with Crippen LogP contribution in [0, 0.1) is 11.8 Å². The normalized spacial score (nSPS) is 16.6. The highest BCUT2D eigenvalue weighted by Gasteiger charge is 2.26. The Hall–Kier alpha value is -1.92. The summed E-state index contributed by atoms with van der Waals surface area (Å²) in [6.07, 6.45) is 2.45. The van der Waals surface area contributed by atoms with Gasteiger partial charge in [0.25, 0.3) is 0 Å². The van der Waals surface area contributed by atoms with Gasteiger partial charge in [0.2, 0.25) is 11.8 Å². The van der Waals surface area contributed by atoms with E-state index in [1.165, 1.54) is 0 Å². The number of carbonyl (C=O) groups is 2. The van der Waals surface area contributed by atoms with Crippen molar-refractivity contribution in [2.45, 2.75) is 46.1 Å². The zero-order valence-electron chi connectivity index (χ0n) is 18.2. The van der Waals surface area contributed by atoms with Crippen LogP contribution in [0.1, 0.15) is 51.6 Å². The van der Waals surface area contributed by atoms with E-state index in [1.54, 1.807) is 0 Å². The molecule has 1 aliphatic heterocycles. The average molecular weight is 404 g/mol. The van der Waals surface area contributed by atoms with Crippen LogP contribution in [0.25, 0.3) is 0 Å². The second kappa shape index (κ2) is 12.6. The average Bonchev–Trinajstić information content (AvgIpc) is 2.72. The van der Waals surface area contributed by atoms with Crippen LogP contribution in [0.3, 0.4) is 0 Å². The summed E-state index contributed by atoms with van der Waals surface area (Å²) in [5.74, 6) is 0.550. The zero-order valence-corrected chi connectivity index (χ0v) is 18.2. The van der Waals surface area contributed by atoms with E-state index in [-0.39, 0.29) is 23.8 Å². The largest absolute Gasteiger partial charge is 0.382 e. The first-order chi connectivity index (χ1) is 14.0. The Bertz CT molecular complexity index is 613. The van der Waals surface area contributed by atoms with E-state index >= 15 is 0 Å². The first kappa shape index (κ1) is 23.4. The van der Waals surface area contributed by atoms with Crippen molar-refractivity contribution in [1.29, 1.82) is 0 Å². The SMILES string of the molecule is CCOCCCNC(=O)C1CCN(CC(=O)NC(c2ccccc2)C(C)C)CC1. The quantitative estimate of drug-likeness (QED) is 0.558. The van der Waals surface area contributed by atoms with Gasteiger partial charge >= 0.3 is 0 Å². The van der Waals surface area contributed by atoms with Gasteiger partial charge in [0.15, 0.2) is 0 Å². The minimum atomic E-state index is 0.0173. The van der Waals surface area contributed by atoms with E-state index in [9.17, 15) is 9.59 Å². The molecule has 2 amide bonds. The van der Waals surface area contributed by atoms with Crippen LogP contribution >= 0.6 is 0 Å². The van der Waals surface area contributed by atoms with E-state index in [4.69, 9.17) is 4.74 Å². The van der Waals surface area contributed by atoms with Gasteiger partial charge in [0.1, 0.15) is 0 Å². The van der Waals surface area contributed by atoms with Crippen LogP contribution in [0.5, 0.6) is 0 Å². The van der Waals surface area contributed by atoms with Gasteiger partial charge in [-0.2, -0.15) is 0 Å². The maximum atomic E-state index is 12.6. The van der Waals surface area contributed by atoms with Crippen LogP contribution in [0.15, 0.2) is 30.3 Å². The van der Waals surface area contributed by atoms with Crippen molar-refractivity contribution in [3.63, 3.8) is 0 Å². The van der Waals surface area contributed by atoms with Crippen LogP contribution in [-0.2, 0) is 14.3 Å². The van der Waals surface area contributed by atoms with Crippen molar-refractivity contribution < 1.29 is 14.3 Å². The number of nitrogens with one attached hydrogen (secondary N) is 2. The predicted molar refractivity (Wildman–Crippen MR) is 115 cm³/mol. The molecule has 2 N–H and O–H groups in total. The Morgan fingerprint density at radius 1 is 1.17 bits per heavy atom. The Kier molecular flexibility index (Phi) is 10.2. The summed E-state index contributed by atoms with van der Waals surface area (Å²) in [4.78, 5) is 27.0. The number of rotatable bonds is 11. The van der Waals surface area contributed by atoms with E-state index in [0.717, 1.165) is 37.9 Å². The molecule has 0 bridgehead atoms. The Morgan fingerprint density at radius 3 is 2.48 bits per heavy atom. The van der Waals surface area contributed by atoms with E-state index in [2.05, 4.69) is 41.5 Å². The maximum absolute atomic E-state index is 12.6. The van der Waals surface area contributed by atoms with Crippen molar-refractivity contribution in [2.24, 2.45) is 11.8 Å². The highest BCUT2D eigenvalue weighted by Crippen LogP contribution is 2.22. The molecule has 1 aliphatic rings. The number of amides is 2. The number of likely N-dealkylation sites (tertiary alicyclic amines) is 1. The lowest BCUT2D eigenvalue weighted by molar-refractivity contribution is -0.127. The lowest BCUT2D eigenvalue weighted by atomic mass is 9.95. The molecule has 1 heterocycles. The minimum absolute atomic E-state index is 0.0173.